The van der Waals surface area contributed by atoms with Crippen LogP contribution in [0.1, 0.15) is 5.56 Å². The second-order valence-corrected chi connectivity index (χ2v) is 5.42. The number of hydrogen-bond donors (Lipinski definition) is 3. The van der Waals surface area contributed by atoms with Crippen LogP contribution < -0.4 is 16.4 Å². The Balaban J connectivity index is 1.89. The van der Waals surface area contributed by atoms with E-state index in [0.29, 0.717) is 22.3 Å². The van der Waals surface area contributed by atoms with Crippen LogP contribution in [-0.4, -0.2) is 9.97 Å². The number of nitrogen functional groups attached to an aromatic ring is 1. The number of anilines is 5. The minimum Gasteiger partial charge on any atom is -0.393 e. The van der Waals surface area contributed by atoms with Gasteiger partial charge in [-0.15, -0.1) is 0 Å². The SMILES string of the molecule is Cc1c(Cl)cccc1Nc1ncnc(Nc2ccccc2)c1N. The highest BCUT2D eigenvalue weighted by Crippen LogP contribution is 2.30. The predicted molar refractivity (Wildman–Crippen MR) is 95.6 cm³/mol. The van der Waals surface area contributed by atoms with Crippen LogP contribution in [0, 0.1) is 6.92 Å². The molecule has 0 bridgehead atoms. The van der Waals surface area contributed by atoms with Crippen molar-refractivity contribution in [3.05, 3.63) is 65.4 Å². The van der Waals surface area contributed by atoms with E-state index in [0.717, 1.165) is 16.9 Å². The minimum atomic E-state index is 0.440. The van der Waals surface area contributed by atoms with E-state index < -0.39 is 0 Å². The van der Waals surface area contributed by atoms with Gasteiger partial charge in [-0.2, -0.15) is 0 Å². The average Bonchev–Trinajstić information content (AvgIpc) is 2.56. The van der Waals surface area contributed by atoms with Crippen molar-refractivity contribution in [2.24, 2.45) is 0 Å². The van der Waals surface area contributed by atoms with E-state index in [1.807, 2.05) is 55.5 Å². The van der Waals surface area contributed by atoms with E-state index >= 15 is 0 Å². The molecule has 0 unspecified atom stereocenters. The Kier molecular flexibility index (Phi) is 4.30. The zero-order chi connectivity index (χ0) is 16.2. The number of rotatable bonds is 4. The van der Waals surface area contributed by atoms with Crippen molar-refractivity contribution in [2.75, 3.05) is 16.4 Å². The van der Waals surface area contributed by atoms with Crippen LogP contribution in [0.2, 0.25) is 5.02 Å². The first-order valence-electron chi connectivity index (χ1n) is 7.10. The molecule has 0 fully saturated rings. The molecule has 23 heavy (non-hydrogen) atoms. The molecule has 3 rings (SSSR count). The topological polar surface area (TPSA) is 75.9 Å². The Morgan fingerprint density at radius 1 is 0.913 bits per heavy atom. The third kappa shape index (κ3) is 3.35. The molecule has 0 amide bonds. The van der Waals surface area contributed by atoms with Gasteiger partial charge in [-0.1, -0.05) is 35.9 Å². The summed E-state index contributed by atoms with van der Waals surface area (Å²) in [5.41, 5.74) is 9.32. The Labute approximate surface area is 139 Å². The maximum absolute atomic E-state index is 6.18. The third-order valence-electron chi connectivity index (χ3n) is 3.44. The number of benzene rings is 2. The van der Waals surface area contributed by atoms with Crippen molar-refractivity contribution in [2.45, 2.75) is 6.92 Å². The van der Waals surface area contributed by atoms with Crippen LogP contribution in [0.25, 0.3) is 0 Å². The van der Waals surface area contributed by atoms with Crippen LogP contribution in [0.15, 0.2) is 54.9 Å². The Morgan fingerprint density at radius 3 is 2.35 bits per heavy atom. The molecule has 0 aliphatic heterocycles. The van der Waals surface area contributed by atoms with Crippen molar-refractivity contribution in [3.63, 3.8) is 0 Å². The Morgan fingerprint density at radius 2 is 1.61 bits per heavy atom. The molecular weight excluding hydrogens is 310 g/mol. The van der Waals surface area contributed by atoms with E-state index in [9.17, 15) is 0 Å². The zero-order valence-electron chi connectivity index (χ0n) is 12.5. The third-order valence-corrected chi connectivity index (χ3v) is 3.85. The summed E-state index contributed by atoms with van der Waals surface area (Å²) < 4.78 is 0. The number of hydrogen-bond acceptors (Lipinski definition) is 5. The van der Waals surface area contributed by atoms with Gasteiger partial charge in [0.15, 0.2) is 11.6 Å². The Bertz CT molecular complexity index is 820. The summed E-state index contributed by atoms with van der Waals surface area (Å²) in [4.78, 5) is 8.42. The maximum atomic E-state index is 6.18. The van der Waals surface area contributed by atoms with Crippen LogP contribution in [0.3, 0.4) is 0 Å². The highest BCUT2D eigenvalue weighted by atomic mass is 35.5. The van der Waals surface area contributed by atoms with Crippen LogP contribution in [0.4, 0.5) is 28.7 Å². The molecule has 0 aliphatic carbocycles. The first-order valence-corrected chi connectivity index (χ1v) is 7.47. The molecular formula is C17H16ClN5. The lowest BCUT2D eigenvalue weighted by molar-refractivity contribution is 1.17. The molecule has 5 nitrogen and oxygen atoms in total. The molecule has 0 atom stereocenters. The second kappa shape index (κ2) is 6.54. The van der Waals surface area contributed by atoms with Gasteiger partial charge in [0.05, 0.1) is 0 Å². The van der Waals surface area contributed by atoms with E-state index in [-0.39, 0.29) is 0 Å². The van der Waals surface area contributed by atoms with Gasteiger partial charge in [-0.05, 0) is 36.8 Å². The van der Waals surface area contributed by atoms with Gasteiger partial charge in [0.1, 0.15) is 12.0 Å². The molecule has 0 saturated carbocycles. The molecule has 1 aromatic heterocycles. The number of halogens is 1. The monoisotopic (exact) mass is 325 g/mol. The first kappa shape index (κ1) is 15.1. The van der Waals surface area contributed by atoms with Gasteiger partial charge < -0.3 is 16.4 Å². The summed E-state index contributed by atoms with van der Waals surface area (Å²) in [5, 5.41) is 7.07. The van der Waals surface area contributed by atoms with E-state index in [1.54, 1.807) is 0 Å². The number of nitrogens with one attached hydrogen (secondary N) is 2. The maximum Gasteiger partial charge on any atom is 0.159 e. The van der Waals surface area contributed by atoms with Gasteiger partial charge in [0.2, 0.25) is 0 Å². The fourth-order valence-corrected chi connectivity index (χ4v) is 2.30. The summed E-state index contributed by atoms with van der Waals surface area (Å²) in [6.45, 7) is 1.94. The summed E-state index contributed by atoms with van der Waals surface area (Å²) in [6, 6.07) is 15.3. The second-order valence-electron chi connectivity index (χ2n) is 5.01. The minimum absolute atomic E-state index is 0.440. The van der Waals surface area contributed by atoms with Gasteiger partial charge in [0.25, 0.3) is 0 Å². The highest BCUT2D eigenvalue weighted by Gasteiger charge is 2.10. The van der Waals surface area contributed by atoms with Gasteiger partial charge >= 0.3 is 0 Å². The van der Waals surface area contributed by atoms with Crippen molar-refractivity contribution < 1.29 is 0 Å². The summed E-state index contributed by atoms with van der Waals surface area (Å²) >= 11 is 6.14. The summed E-state index contributed by atoms with van der Waals surface area (Å²) in [7, 11) is 0. The quantitative estimate of drug-likeness (QED) is 0.658. The summed E-state index contributed by atoms with van der Waals surface area (Å²) in [6.07, 6.45) is 1.46. The molecule has 0 radical (unpaired) electrons. The molecule has 3 aromatic rings. The van der Waals surface area contributed by atoms with Gasteiger partial charge in [-0.25, -0.2) is 9.97 Å². The number of nitrogens with two attached hydrogens (primary N) is 1. The van der Waals surface area contributed by atoms with Crippen LogP contribution in [0.5, 0.6) is 0 Å². The predicted octanol–water partition coefficient (Wildman–Crippen LogP) is 4.51. The number of nitrogens with zero attached hydrogens (tertiary/aromatic N) is 2. The highest BCUT2D eigenvalue weighted by molar-refractivity contribution is 6.31. The molecule has 4 N–H and O–H groups in total. The van der Waals surface area contributed by atoms with Crippen molar-refractivity contribution in [3.8, 4) is 0 Å². The van der Waals surface area contributed by atoms with Crippen molar-refractivity contribution in [1.29, 1.82) is 0 Å². The Hall–Kier alpha value is -2.79. The standard InChI is InChI=1S/C17H16ClN5/c1-11-13(18)8-5-9-14(11)23-17-15(19)16(20-10-21-17)22-12-6-3-2-4-7-12/h2-10H,19H2,1H3,(H2,20,21,22,23). The van der Waals surface area contributed by atoms with Crippen LogP contribution >= 0.6 is 11.6 Å². The fourth-order valence-electron chi connectivity index (χ4n) is 2.12. The van der Waals surface area contributed by atoms with Gasteiger partial charge in [-0.3, -0.25) is 0 Å². The molecule has 1 heterocycles. The van der Waals surface area contributed by atoms with E-state index in [2.05, 4.69) is 20.6 Å². The van der Waals surface area contributed by atoms with Crippen LogP contribution in [-0.2, 0) is 0 Å². The average molecular weight is 326 g/mol. The molecule has 0 aliphatic rings. The molecule has 6 heteroatoms. The largest absolute Gasteiger partial charge is 0.393 e. The summed E-state index contributed by atoms with van der Waals surface area (Å²) in [5.74, 6) is 1.08. The first-order chi connectivity index (χ1) is 11.1. The fraction of sp³-hybridized carbons (Fsp3) is 0.0588. The molecule has 0 saturated heterocycles. The lowest BCUT2D eigenvalue weighted by Gasteiger charge is -2.14. The van der Waals surface area contributed by atoms with Crippen molar-refractivity contribution >= 4 is 40.3 Å². The molecule has 2 aromatic carbocycles. The zero-order valence-corrected chi connectivity index (χ0v) is 13.3. The smallest absolute Gasteiger partial charge is 0.159 e. The van der Waals surface area contributed by atoms with Gasteiger partial charge in [0, 0.05) is 16.4 Å². The number of aromatic nitrogens is 2. The van der Waals surface area contributed by atoms with Crippen molar-refractivity contribution in [1.82, 2.24) is 9.97 Å². The van der Waals surface area contributed by atoms with E-state index in [4.69, 9.17) is 17.3 Å². The van der Waals surface area contributed by atoms with E-state index in [1.165, 1.54) is 6.33 Å². The molecule has 0 spiro atoms. The lowest BCUT2D eigenvalue weighted by atomic mass is 10.2. The normalized spacial score (nSPS) is 10.3. The molecule has 116 valence electrons. The lowest BCUT2D eigenvalue weighted by Crippen LogP contribution is -2.05. The number of para-hydroxylation sites is 1.